The summed E-state index contributed by atoms with van der Waals surface area (Å²) in [5.41, 5.74) is 7.36. The highest BCUT2D eigenvalue weighted by Gasteiger charge is 2.21. The van der Waals surface area contributed by atoms with E-state index in [2.05, 4.69) is 109 Å². The Morgan fingerprint density at radius 2 is 1.14 bits per heavy atom. The molecule has 0 fully saturated rings. The van der Waals surface area contributed by atoms with Crippen LogP contribution in [0.5, 0.6) is 11.5 Å². The van der Waals surface area contributed by atoms with Gasteiger partial charge in [0.15, 0.2) is 0 Å². The SMILES string of the molecule is c1cc(-c2ccc3c4c(cccc24)-c2ccccc2O3)cc(-c2cccc3c2sc2ccccc23)c1. The van der Waals surface area contributed by atoms with E-state index in [4.69, 9.17) is 4.74 Å². The number of ether oxygens (including phenoxy) is 1. The Hall–Kier alpha value is -4.40. The molecule has 8 rings (SSSR count). The first-order valence-corrected chi connectivity index (χ1v) is 13.0. The molecule has 2 heterocycles. The minimum Gasteiger partial charge on any atom is -0.456 e. The molecule has 0 bridgehead atoms. The molecule has 6 aromatic carbocycles. The molecule has 168 valence electrons. The largest absolute Gasteiger partial charge is 0.456 e. The standard InChI is InChI=1S/C34H20OS/c1-3-16-30-25(10-1)28-14-7-13-27-23(18-19-31(35-30)33(27)28)21-8-5-9-22(20-21)24-12-6-15-29-26-11-2-4-17-32(26)36-34(24)29/h1-20H. The Morgan fingerprint density at radius 3 is 2.08 bits per heavy atom. The molecule has 2 heteroatoms. The molecular weight excluding hydrogens is 456 g/mol. The third-order valence-electron chi connectivity index (χ3n) is 7.29. The molecule has 0 N–H and O–H groups in total. The van der Waals surface area contributed by atoms with Gasteiger partial charge in [0.05, 0.1) is 0 Å². The van der Waals surface area contributed by atoms with Crippen LogP contribution in [0.1, 0.15) is 0 Å². The maximum Gasteiger partial charge on any atom is 0.135 e. The molecule has 7 aromatic rings. The van der Waals surface area contributed by atoms with Crippen LogP contribution in [0.15, 0.2) is 121 Å². The van der Waals surface area contributed by atoms with E-state index in [1.807, 2.05) is 23.5 Å². The minimum atomic E-state index is 0.920. The minimum absolute atomic E-state index is 0.920. The smallest absolute Gasteiger partial charge is 0.135 e. The van der Waals surface area contributed by atoms with Crippen LogP contribution in [0.4, 0.5) is 0 Å². The number of rotatable bonds is 2. The number of benzene rings is 6. The Bertz CT molecular complexity index is 1980. The van der Waals surface area contributed by atoms with Gasteiger partial charge in [-0.15, -0.1) is 11.3 Å². The van der Waals surface area contributed by atoms with Gasteiger partial charge in [0.25, 0.3) is 0 Å². The lowest BCUT2D eigenvalue weighted by molar-refractivity contribution is 0.487. The van der Waals surface area contributed by atoms with E-state index in [0.717, 1.165) is 17.1 Å². The Labute approximate surface area is 212 Å². The molecule has 0 unspecified atom stereocenters. The summed E-state index contributed by atoms with van der Waals surface area (Å²) in [4.78, 5) is 0. The van der Waals surface area contributed by atoms with Gasteiger partial charge in [-0.1, -0.05) is 97.1 Å². The zero-order chi connectivity index (χ0) is 23.6. The Morgan fingerprint density at radius 1 is 0.444 bits per heavy atom. The van der Waals surface area contributed by atoms with E-state index in [1.165, 1.54) is 58.8 Å². The Kier molecular flexibility index (Phi) is 4.16. The van der Waals surface area contributed by atoms with Crippen molar-refractivity contribution in [3.63, 3.8) is 0 Å². The van der Waals surface area contributed by atoms with Crippen molar-refractivity contribution >= 4 is 42.3 Å². The molecule has 36 heavy (non-hydrogen) atoms. The first kappa shape index (κ1) is 19.9. The summed E-state index contributed by atoms with van der Waals surface area (Å²) in [6, 6.07) is 43.5. The van der Waals surface area contributed by atoms with Crippen LogP contribution in [0, 0.1) is 0 Å². The molecule has 0 atom stereocenters. The molecule has 0 saturated carbocycles. The average Bonchev–Trinajstić information content (AvgIpc) is 3.32. The fourth-order valence-electron chi connectivity index (χ4n) is 5.66. The molecule has 0 radical (unpaired) electrons. The van der Waals surface area contributed by atoms with E-state index in [1.54, 1.807) is 0 Å². The van der Waals surface area contributed by atoms with Crippen molar-refractivity contribution in [2.24, 2.45) is 0 Å². The molecule has 1 nitrogen and oxygen atoms in total. The lowest BCUT2D eigenvalue weighted by Crippen LogP contribution is -1.97. The van der Waals surface area contributed by atoms with E-state index in [0.29, 0.717) is 0 Å². The molecule has 1 aromatic heterocycles. The summed E-state index contributed by atoms with van der Waals surface area (Å²) in [7, 11) is 0. The average molecular weight is 477 g/mol. The van der Waals surface area contributed by atoms with Crippen LogP contribution in [0.3, 0.4) is 0 Å². The summed E-state index contributed by atoms with van der Waals surface area (Å²) in [5.74, 6) is 1.85. The molecular formula is C34H20OS. The number of para-hydroxylation sites is 1. The van der Waals surface area contributed by atoms with Crippen LogP contribution in [-0.4, -0.2) is 0 Å². The summed E-state index contributed by atoms with van der Waals surface area (Å²) in [6.07, 6.45) is 0. The van der Waals surface area contributed by atoms with Gasteiger partial charge in [0.2, 0.25) is 0 Å². The first-order chi connectivity index (χ1) is 17.8. The topological polar surface area (TPSA) is 9.23 Å². The van der Waals surface area contributed by atoms with Crippen LogP contribution in [0.2, 0.25) is 0 Å². The predicted octanol–water partition coefficient (Wildman–Crippen LogP) is 10.3. The van der Waals surface area contributed by atoms with Crippen molar-refractivity contribution in [1.29, 1.82) is 0 Å². The van der Waals surface area contributed by atoms with Gasteiger partial charge >= 0.3 is 0 Å². The van der Waals surface area contributed by atoms with Gasteiger partial charge in [-0.05, 0) is 57.5 Å². The maximum absolute atomic E-state index is 6.31. The number of fused-ring (bicyclic) bond motifs is 5. The van der Waals surface area contributed by atoms with Crippen molar-refractivity contribution in [2.75, 3.05) is 0 Å². The second kappa shape index (κ2) is 7.55. The van der Waals surface area contributed by atoms with Gasteiger partial charge in [0.1, 0.15) is 11.5 Å². The monoisotopic (exact) mass is 476 g/mol. The zero-order valence-electron chi connectivity index (χ0n) is 19.4. The van der Waals surface area contributed by atoms with E-state index >= 15 is 0 Å². The van der Waals surface area contributed by atoms with Gasteiger partial charge in [-0.2, -0.15) is 0 Å². The zero-order valence-corrected chi connectivity index (χ0v) is 20.2. The molecule has 0 amide bonds. The van der Waals surface area contributed by atoms with Crippen LogP contribution in [-0.2, 0) is 0 Å². The second-order valence-electron chi connectivity index (χ2n) is 9.30. The van der Waals surface area contributed by atoms with Gasteiger partial charge in [-0.3, -0.25) is 0 Å². The summed E-state index contributed by atoms with van der Waals surface area (Å²) >= 11 is 1.88. The maximum atomic E-state index is 6.31. The van der Waals surface area contributed by atoms with Gasteiger partial charge in [0, 0.05) is 31.1 Å². The predicted molar refractivity (Wildman–Crippen MR) is 153 cm³/mol. The fraction of sp³-hybridized carbons (Fsp3) is 0. The lowest BCUT2D eigenvalue weighted by atomic mass is 9.90. The highest BCUT2D eigenvalue weighted by molar-refractivity contribution is 7.26. The first-order valence-electron chi connectivity index (χ1n) is 12.2. The third kappa shape index (κ3) is 2.82. The highest BCUT2D eigenvalue weighted by Crippen LogP contribution is 2.48. The van der Waals surface area contributed by atoms with Crippen molar-refractivity contribution in [1.82, 2.24) is 0 Å². The number of thiophene rings is 1. The summed E-state index contributed by atoms with van der Waals surface area (Å²) in [6.45, 7) is 0. The van der Waals surface area contributed by atoms with Crippen LogP contribution < -0.4 is 4.74 Å². The summed E-state index contributed by atoms with van der Waals surface area (Å²) < 4.78 is 8.99. The van der Waals surface area contributed by atoms with Crippen molar-refractivity contribution in [2.45, 2.75) is 0 Å². The highest BCUT2D eigenvalue weighted by atomic mass is 32.1. The van der Waals surface area contributed by atoms with Crippen LogP contribution >= 0.6 is 11.3 Å². The third-order valence-corrected chi connectivity index (χ3v) is 8.51. The van der Waals surface area contributed by atoms with Gasteiger partial charge in [-0.25, -0.2) is 0 Å². The van der Waals surface area contributed by atoms with Crippen molar-refractivity contribution in [3.05, 3.63) is 121 Å². The van der Waals surface area contributed by atoms with Gasteiger partial charge < -0.3 is 4.74 Å². The lowest BCUT2D eigenvalue weighted by Gasteiger charge is -2.22. The van der Waals surface area contributed by atoms with E-state index in [9.17, 15) is 0 Å². The molecule has 1 aliphatic heterocycles. The van der Waals surface area contributed by atoms with Crippen LogP contribution in [0.25, 0.3) is 64.3 Å². The quantitative estimate of drug-likeness (QED) is 0.241. The second-order valence-corrected chi connectivity index (χ2v) is 10.4. The molecule has 0 saturated heterocycles. The fourth-order valence-corrected chi connectivity index (χ4v) is 6.90. The van der Waals surface area contributed by atoms with E-state index < -0.39 is 0 Å². The molecule has 0 spiro atoms. The number of hydrogen-bond acceptors (Lipinski definition) is 2. The Balaban J connectivity index is 1.33. The number of hydrogen-bond donors (Lipinski definition) is 0. The summed E-state index contributed by atoms with van der Waals surface area (Å²) in [5, 5.41) is 5.07. The normalized spacial score (nSPS) is 12.1. The van der Waals surface area contributed by atoms with Crippen molar-refractivity contribution < 1.29 is 4.74 Å². The van der Waals surface area contributed by atoms with Crippen molar-refractivity contribution in [3.8, 4) is 44.9 Å². The van der Waals surface area contributed by atoms with E-state index in [-0.39, 0.29) is 0 Å². The molecule has 0 aliphatic carbocycles. The molecule has 1 aliphatic rings.